The predicted octanol–water partition coefficient (Wildman–Crippen LogP) is 4.03. The van der Waals surface area contributed by atoms with Gasteiger partial charge < -0.3 is 9.47 Å². The van der Waals surface area contributed by atoms with E-state index in [4.69, 9.17) is 24.4 Å². The molecular formula is C25H25N5O3. The van der Waals surface area contributed by atoms with Crippen molar-refractivity contribution in [2.24, 2.45) is 0 Å². The molecule has 2 aromatic carbocycles. The number of ether oxygens (including phenoxy) is 2. The Morgan fingerprint density at radius 2 is 1.67 bits per heavy atom. The maximum Gasteiger partial charge on any atom is 0.265 e. The minimum absolute atomic E-state index is 0.115. The Balaban J connectivity index is 1.81. The van der Waals surface area contributed by atoms with Gasteiger partial charge in [-0.05, 0) is 56.7 Å². The van der Waals surface area contributed by atoms with Crippen LogP contribution in [0, 0.1) is 6.92 Å². The third-order valence-electron chi connectivity index (χ3n) is 5.76. The van der Waals surface area contributed by atoms with E-state index in [-0.39, 0.29) is 5.56 Å². The highest BCUT2D eigenvalue weighted by molar-refractivity contribution is 6.05. The summed E-state index contributed by atoms with van der Waals surface area (Å²) in [4.78, 5) is 28.3. The molecular weight excluding hydrogens is 418 g/mol. The van der Waals surface area contributed by atoms with Crippen LogP contribution in [0.2, 0.25) is 0 Å². The van der Waals surface area contributed by atoms with Gasteiger partial charge in [0.2, 0.25) is 0 Å². The number of para-hydroxylation sites is 2. The summed E-state index contributed by atoms with van der Waals surface area (Å²) in [7, 11) is 1.63. The van der Waals surface area contributed by atoms with Crippen LogP contribution in [0.1, 0.15) is 19.2 Å². The average Bonchev–Trinajstić information content (AvgIpc) is 3.14. The van der Waals surface area contributed by atoms with Crippen molar-refractivity contribution in [2.45, 2.75) is 26.8 Å². The maximum absolute atomic E-state index is 13.7. The van der Waals surface area contributed by atoms with E-state index in [0.717, 1.165) is 28.9 Å². The summed E-state index contributed by atoms with van der Waals surface area (Å²) in [5, 5.41) is 0.473. The minimum Gasteiger partial charge on any atom is -0.497 e. The summed E-state index contributed by atoms with van der Waals surface area (Å²) in [6.45, 7) is 5.60. The largest absolute Gasteiger partial charge is 0.497 e. The van der Waals surface area contributed by atoms with Crippen molar-refractivity contribution in [3.8, 4) is 11.4 Å². The van der Waals surface area contributed by atoms with E-state index < -0.39 is 0 Å². The molecule has 0 fully saturated rings. The maximum atomic E-state index is 13.7. The van der Waals surface area contributed by atoms with Gasteiger partial charge in [0.15, 0.2) is 11.3 Å². The molecule has 0 aliphatic rings. The summed E-state index contributed by atoms with van der Waals surface area (Å²) in [6, 6.07) is 15.3. The smallest absolute Gasteiger partial charge is 0.265 e. The van der Waals surface area contributed by atoms with Gasteiger partial charge in [-0.25, -0.2) is 15.0 Å². The fraction of sp³-hybridized carbons (Fsp3) is 0.280. The second-order valence-electron chi connectivity index (χ2n) is 7.78. The van der Waals surface area contributed by atoms with Crippen LogP contribution < -0.4 is 10.3 Å². The number of rotatable bonds is 7. The summed E-state index contributed by atoms with van der Waals surface area (Å²) in [6.07, 6.45) is 0.730. The fourth-order valence-electron chi connectivity index (χ4n) is 4.14. The quantitative estimate of drug-likeness (QED) is 0.353. The van der Waals surface area contributed by atoms with Crippen LogP contribution in [0.4, 0.5) is 0 Å². The van der Waals surface area contributed by atoms with Gasteiger partial charge in [-0.2, -0.15) is 0 Å². The lowest BCUT2D eigenvalue weighted by molar-refractivity contribution is 0.141. The standard InChI is InChI=1S/C25H25N5O3/c1-4-33-15-7-14-29-16(2)26-23-21(25(29)31)22-24(28-20-9-6-5-8-19(20)27-22)30(23)17-10-12-18(32-3)13-11-17/h5-6,8-13H,4,7,14-15H2,1-3H3. The molecule has 0 atom stereocenters. The number of fused-ring (bicyclic) bond motifs is 4. The Morgan fingerprint density at radius 3 is 2.36 bits per heavy atom. The highest BCUT2D eigenvalue weighted by Crippen LogP contribution is 2.29. The number of hydrogen-bond acceptors (Lipinski definition) is 6. The molecule has 0 radical (unpaired) electrons. The molecule has 0 spiro atoms. The van der Waals surface area contributed by atoms with E-state index >= 15 is 0 Å². The molecule has 168 valence electrons. The van der Waals surface area contributed by atoms with Gasteiger partial charge >= 0.3 is 0 Å². The fourth-order valence-corrected chi connectivity index (χ4v) is 4.14. The first-order valence-corrected chi connectivity index (χ1v) is 11.0. The Labute approximate surface area is 190 Å². The molecule has 0 unspecified atom stereocenters. The van der Waals surface area contributed by atoms with Crippen molar-refractivity contribution in [3.63, 3.8) is 0 Å². The molecule has 0 aliphatic carbocycles. The SMILES string of the molecule is CCOCCCn1c(C)nc2c(c1=O)c1nc3ccccc3nc1n2-c1ccc(OC)cc1. The number of methoxy groups -OCH3 is 1. The number of nitrogens with zero attached hydrogens (tertiary/aromatic N) is 5. The second kappa shape index (κ2) is 8.63. The summed E-state index contributed by atoms with van der Waals surface area (Å²) < 4.78 is 14.4. The Morgan fingerprint density at radius 1 is 0.939 bits per heavy atom. The molecule has 0 saturated heterocycles. The van der Waals surface area contributed by atoms with Gasteiger partial charge in [0, 0.05) is 25.4 Å². The topological polar surface area (TPSA) is 84.1 Å². The van der Waals surface area contributed by atoms with Crippen LogP contribution >= 0.6 is 0 Å². The molecule has 3 aromatic heterocycles. The number of aromatic nitrogens is 5. The van der Waals surface area contributed by atoms with E-state index in [1.165, 1.54) is 0 Å². The first-order valence-electron chi connectivity index (χ1n) is 11.0. The van der Waals surface area contributed by atoms with E-state index in [1.54, 1.807) is 11.7 Å². The van der Waals surface area contributed by atoms with Gasteiger partial charge in [-0.1, -0.05) is 12.1 Å². The Bertz CT molecular complexity index is 1520. The van der Waals surface area contributed by atoms with Crippen LogP contribution in [0.25, 0.3) is 38.9 Å². The third-order valence-corrected chi connectivity index (χ3v) is 5.76. The van der Waals surface area contributed by atoms with Gasteiger partial charge in [0.05, 0.1) is 18.1 Å². The Hall–Kier alpha value is -3.78. The number of hydrogen-bond donors (Lipinski definition) is 0. The third kappa shape index (κ3) is 3.62. The first-order chi connectivity index (χ1) is 16.1. The zero-order valence-corrected chi connectivity index (χ0v) is 18.9. The zero-order chi connectivity index (χ0) is 22.9. The van der Waals surface area contributed by atoms with E-state index in [0.29, 0.717) is 47.8 Å². The molecule has 0 aliphatic heterocycles. The normalized spacial score (nSPS) is 11.6. The molecule has 3 heterocycles. The zero-order valence-electron chi connectivity index (χ0n) is 18.9. The molecule has 0 amide bonds. The molecule has 0 bridgehead atoms. The second-order valence-corrected chi connectivity index (χ2v) is 7.78. The van der Waals surface area contributed by atoms with Gasteiger partial charge in [0.25, 0.3) is 5.56 Å². The number of aryl methyl sites for hydroxylation is 1. The van der Waals surface area contributed by atoms with Crippen LogP contribution in [0.15, 0.2) is 53.3 Å². The van der Waals surface area contributed by atoms with E-state index in [1.807, 2.05) is 66.9 Å². The summed E-state index contributed by atoms with van der Waals surface area (Å²) in [5.41, 5.74) is 3.92. The van der Waals surface area contributed by atoms with E-state index in [2.05, 4.69) is 0 Å². The van der Waals surface area contributed by atoms with Crippen LogP contribution in [0.3, 0.4) is 0 Å². The summed E-state index contributed by atoms with van der Waals surface area (Å²) >= 11 is 0. The van der Waals surface area contributed by atoms with Crippen molar-refractivity contribution in [2.75, 3.05) is 20.3 Å². The van der Waals surface area contributed by atoms with Crippen molar-refractivity contribution in [1.82, 2.24) is 24.1 Å². The number of benzene rings is 2. The monoisotopic (exact) mass is 443 g/mol. The molecule has 8 heteroatoms. The van der Waals surface area contributed by atoms with Crippen molar-refractivity contribution >= 4 is 33.2 Å². The van der Waals surface area contributed by atoms with Gasteiger partial charge in [-0.3, -0.25) is 13.9 Å². The minimum atomic E-state index is -0.115. The lowest BCUT2D eigenvalue weighted by Gasteiger charge is -2.11. The molecule has 0 N–H and O–H groups in total. The molecule has 5 aromatic rings. The lowest BCUT2D eigenvalue weighted by Crippen LogP contribution is -2.24. The van der Waals surface area contributed by atoms with Crippen LogP contribution in [-0.2, 0) is 11.3 Å². The van der Waals surface area contributed by atoms with Crippen LogP contribution in [-0.4, -0.2) is 44.4 Å². The molecule has 5 rings (SSSR count). The first kappa shape index (κ1) is 21.1. The van der Waals surface area contributed by atoms with Crippen molar-refractivity contribution in [3.05, 3.63) is 64.7 Å². The summed E-state index contributed by atoms with van der Waals surface area (Å²) in [5.74, 6) is 1.39. The average molecular weight is 444 g/mol. The van der Waals surface area contributed by atoms with Crippen molar-refractivity contribution in [1.29, 1.82) is 0 Å². The predicted molar refractivity (Wildman–Crippen MR) is 128 cm³/mol. The molecule has 33 heavy (non-hydrogen) atoms. The van der Waals surface area contributed by atoms with Gasteiger partial charge in [-0.15, -0.1) is 0 Å². The van der Waals surface area contributed by atoms with Crippen LogP contribution in [0.5, 0.6) is 5.75 Å². The molecule has 8 nitrogen and oxygen atoms in total. The molecule has 0 saturated carbocycles. The highest BCUT2D eigenvalue weighted by atomic mass is 16.5. The highest BCUT2D eigenvalue weighted by Gasteiger charge is 2.22. The Kier molecular flexibility index (Phi) is 5.51. The van der Waals surface area contributed by atoms with E-state index in [9.17, 15) is 4.79 Å². The van der Waals surface area contributed by atoms with Crippen molar-refractivity contribution < 1.29 is 9.47 Å². The van der Waals surface area contributed by atoms with Gasteiger partial charge in [0.1, 0.15) is 22.5 Å². The lowest BCUT2D eigenvalue weighted by atomic mass is 10.3.